The normalized spacial score (nSPS) is 20.6. The molecule has 0 radical (unpaired) electrons. The van der Waals surface area contributed by atoms with Crippen molar-refractivity contribution in [1.82, 2.24) is 5.32 Å². The monoisotopic (exact) mass is 319 g/mol. The first-order valence-corrected chi connectivity index (χ1v) is 11.7. The van der Waals surface area contributed by atoms with Crippen molar-refractivity contribution < 1.29 is 9.53 Å². The average Bonchev–Trinajstić information content (AvgIpc) is 2.36. The van der Waals surface area contributed by atoms with Gasteiger partial charge in [0.25, 0.3) is 0 Å². The summed E-state index contributed by atoms with van der Waals surface area (Å²) in [5.41, 5.74) is -0.552. The quantitative estimate of drug-likeness (QED) is 0.573. The van der Waals surface area contributed by atoms with Gasteiger partial charge < -0.3 is 10.1 Å². The highest BCUT2D eigenvalue weighted by molar-refractivity contribution is 6.79. The lowest BCUT2D eigenvalue weighted by molar-refractivity contribution is 0.112. The Morgan fingerprint density at radius 3 is 2.25 bits per heavy atom. The lowest BCUT2D eigenvalue weighted by Gasteiger charge is -2.46. The first kappa shape index (κ1) is 17.8. The van der Waals surface area contributed by atoms with Gasteiger partial charge in [0.15, 0.2) is 5.56 Å². The van der Waals surface area contributed by atoms with Crippen LogP contribution in [0.15, 0.2) is 0 Å². The van der Waals surface area contributed by atoms with Gasteiger partial charge >= 0.3 is 6.09 Å². The van der Waals surface area contributed by atoms with Gasteiger partial charge in [0.2, 0.25) is 0 Å². The second kappa shape index (κ2) is 7.17. The van der Waals surface area contributed by atoms with Crippen LogP contribution in [0.5, 0.6) is 0 Å². The third-order valence-electron chi connectivity index (χ3n) is 4.72. The molecular formula is C15H30ClNO2Si. The van der Waals surface area contributed by atoms with Gasteiger partial charge in [-0.2, -0.15) is 0 Å². The number of alkyl carbamates (subject to hydrolysis) is 1. The maximum atomic E-state index is 11.9. The Bertz CT molecular complexity index is 322. The maximum absolute atomic E-state index is 11.9. The zero-order valence-corrected chi connectivity index (χ0v) is 15.3. The molecule has 1 aliphatic rings. The van der Waals surface area contributed by atoms with E-state index < -0.39 is 13.6 Å². The molecule has 1 rings (SSSR count). The van der Waals surface area contributed by atoms with Crippen LogP contribution in [-0.4, -0.2) is 26.3 Å². The highest BCUT2D eigenvalue weighted by Crippen LogP contribution is 2.49. The number of alkyl halides is 1. The van der Waals surface area contributed by atoms with Gasteiger partial charge in [-0.05, 0) is 17.9 Å². The Hall–Kier alpha value is -0.223. The lowest BCUT2D eigenvalue weighted by Crippen LogP contribution is -2.48. The minimum atomic E-state index is -1.34. The summed E-state index contributed by atoms with van der Waals surface area (Å²) in [4.78, 5) is 11.9. The smallest absolute Gasteiger partial charge is 0.408 e. The van der Waals surface area contributed by atoms with Crippen molar-refractivity contribution in [1.29, 1.82) is 0 Å². The van der Waals surface area contributed by atoms with Crippen LogP contribution in [0.1, 0.15) is 46.0 Å². The molecule has 5 heteroatoms. The molecule has 0 aromatic heterocycles. The molecule has 3 nitrogen and oxygen atoms in total. The summed E-state index contributed by atoms with van der Waals surface area (Å²) < 4.78 is 5.19. The van der Waals surface area contributed by atoms with Crippen LogP contribution in [0.4, 0.5) is 4.79 Å². The predicted octanol–water partition coefficient (Wildman–Crippen LogP) is 4.98. The molecule has 0 heterocycles. The zero-order chi connectivity index (χ0) is 15.4. The fourth-order valence-corrected chi connectivity index (χ4v) is 5.50. The number of carbonyl (C=O) groups excluding carboxylic acids is 1. The van der Waals surface area contributed by atoms with E-state index in [-0.39, 0.29) is 12.0 Å². The second-order valence-corrected chi connectivity index (χ2v) is 13.4. The zero-order valence-electron chi connectivity index (χ0n) is 13.6. The van der Waals surface area contributed by atoms with Gasteiger partial charge in [-0.25, -0.2) is 4.79 Å². The molecular weight excluding hydrogens is 290 g/mol. The van der Waals surface area contributed by atoms with E-state index in [0.717, 1.165) is 6.54 Å². The molecule has 1 fully saturated rings. The first-order valence-electron chi connectivity index (χ1n) is 7.76. The van der Waals surface area contributed by atoms with Crippen LogP contribution < -0.4 is 5.32 Å². The van der Waals surface area contributed by atoms with Crippen LogP contribution >= 0.6 is 11.6 Å². The SMILES string of the molecule is CC(C)C(Cl)OC(=O)NCC1([Si](C)(C)C)CCCCC1. The van der Waals surface area contributed by atoms with Gasteiger partial charge in [0.1, 0.15) is 0 Å². The van der Waals surface area contributed by atoms with E-state index in [1.165, 1.54) is 32.1 Å². The van der Waals surface area contributed by atoms with E-state index in [9.17, 15) is 4.79 Å². The van der Waals surface area contributed by atoms with E-state index >= 15 is 0 Å². The summed E-state index contributed by atoms with van der Waals surface area (Å²) in [7, 11) is -1.34. The molecule has 1 saturated carbocycles. The largest absolute Gasteiger partial charge is 0.430 e. The molecule has 118 valence electrons. The predicted molar refractivity (Wildman–Crippen MR) is 88.1 cm³/mol. The average molecular weight is 320 g/mol. The summed E-state index contributed by atoms with van der Waals surface area (Å²) in [6.07, 6.45) is 5.99. The van der Waals surface area contributed by atoms with Crippen molar-refractivity contribution in [2.45, 2.75) is 76.2 Å². The number of carbonyl (C=O) groups is 1. The molecule has 0 spiro atoms. The lowest BCUT2D eigenvalue weighted by atomic mass is 9.88. The van der Waals surface area contributed by atoms with Gasteiger partial charge in [-0.15, -0.1) is 0 Å². The maximum Gasteiger partial charge on any atom is 0.408 e. The Balaban J connectivity index is 2.57. The standard InChI is InChI=1S/C15H30ClNO2Si/c1-12(2)13(16)19-14(18)17-11-15(20(3,4)5)9-7-6-8-10-15/h12-13H,6-11H2,1-5H3,(H,17,18). The Labute approximate surface area is 129 Å². The number of rotatable bonds is 5. The van der Waals surface area contributed by atoms with Crippen LogP contribution in [0, 0.1) is 5.92 Å². The molecule has 1 atom stereocenters. The summed E-state index contributed by atoms with van der Waals surface area (Å²) >= 11 is 5.98. The molecule has 1 unspecified atom stereocenters. The summed E-state index contributed by atoms with van der Waals surface area (Å²) in [6.45, 7) is 11.8. The topological polar surface area (TPSA) is 38.3 Å². The van der Waals surface area contributed by atoms with Crippen LogP contribution in [0.25, 0.3) is 0 Å². The van der Waals surface area contributed by atoms with Crippen LogP contribution in [0.2, 0.25) is 24.7 Å². The molecule has 1 amide bonds. The molecule has 1 aliphatic carbocycles. The molecule has 0 aliphatic heterocycles. The fourth-order valence-electron chi connectivity index (χ4n) is 2.94. The van der Waals surface area contributed by atoms with E-state index in [1.807, 2.05) is 13.8 Å². The number of halogens is 1. The van der Waals surface area contributed by atoms with Gasteiger partial charge in [0.05, 0.1) is 8.07 Å². The van der Waals surface area contributed by atoms with Crippen LogP contribution in [-0.2, 0) is 4.74 Å². The molecule has 20 heavy (non-hydrogen) atoms. The van der Waals surface area contributed by atoms with E-state index in [1.54, 1.807) is 0 Å². The minimum Gasteiger partial charge on any atom is -0.430 e. The minimum absolute atomic E-state index is 0.128. The molecule has 0 aromatic rings. The highest BCUT2D eigenvalue weighted by atomic mass is 35.5. The van der Waals surface area contributed by atoms with Crippen LogP contribution in [0.3, 0.4) is 0 Å². The fraction of sp³-hybridized carbons (Fsp3) is 0.933. The summed E-state index contributed by atoms with van der Waals surface area (Å²) in [6, 6.07) is 0. The molecule has 0 bridgehead atoms. The van der Waals surface area contributed by atoms with Gasteiger partial charge in [-0.1, -0.05) is 64.4 Å². The van der Waals surface area contributed by atoms with Gasteiger partial charge in [0, 0.05) is 12.5 Å². The highest BCUT2D eigenvalue weighted by Gasteiger charge is 2.43. The number of nitrogens with one attached hydrogen (secondary N) is 1. The van der Waals surface area contributed by atoms with E-state index in [2.05, 4.69) is 25.0 Å². The Morgan fingerprint density at radius 2 is 1.80 bits per heavy atom. The van der Waals surface area contributed by atoms with Crippen molar-refractivity contribution in [2.24, 2.45) is 5.92 Å². The Kier molecular flexibility index (Phi) is 6.39. The third-order valence-corrected chi connectivity index (χ3v) is 9.17. The van der Waals surface area contributed by atoms with E-state index in [0.29, 0.717) is 5.04 Å². The number of hydrogen-bond donors (Lipinski definition) is 1. The van der Waals surface area contributed by atoms with Gasteiger partial charge in [-0.3, -0.25) is 0 Å². The molecule has 1 N–H and O–H groups in total. The summed E-state index contributed by atoms with van der Waals surface area (Å²) in [5.74, 6) is 0.128. The van der Waals surface area contributed by atoms with Crippen molar-refractivity contribution >= 4 is 25.8 Å². The van der Waals surface area contributed by atoms with E-state index in [4.69, 9.17) is 16.3 Å². The molecule has 0 saturated heterocycles. The number of hydrogen-bond acceptors (Lipinski definition) is 2. The third kappa shape index (κ3) is 4.66. The number of amides is 1. The Morgan fingerprint density at radius 1 is 1.25 bits per heavy atom. The second-order valence-electron chi connectivity index (χ2n) is 7.45. The van der Waals surface area contributed by atoms with Crippen molar-refractivity contribution in [3.05, 3.63) is 0 Å². The number of ether oxygens (including phenoxy) is 1. The first-order chi connectivity index (χ1) is 9.18. The van der Waals surface area contributed by atoms with Crippen molar-refractivity contribution in [3.8, 4) is 0 Å². The summed E-state index contributed by atoms with van der Waals surface area (Å²) in [5, 5.41) is 3.28. The van der Waals surface area contributed by atoms with Crippen molar-refractivity contribution in [3.63, 3.8) is 0 Å². The van der Waals surface area contributed by atoms with Crippen molar-refractivity contribution in [2.75, 3.05) is 6.54 Å². The molecule has 0 aromatic carbocycles.